The second-order valence-corrected chi connectivity index (χ2v) is 7.52. The minimum atomic E-state index is 0.647. The van der Waals surface area contributed by atoms with Crippen LogP contribution in [-0.4, -0.2) is 10.2 Å². The van der Waals surface area contributed by atoms with Gasteiger partial charge in [0.15, 0.2) is 0 Å². The van der Waals surface area contributed by atoms with Crippen LogP contribution in [-0.2, 0) is 0 Å². The minimum absolute atomic E-state index is 0.647. The smallest absolute Gasteiger partial charge is 0.122 e. The third-order valence-electron chi connectivity index (χ3n) is 5.87. The van der Waals surface area contributed by atoms with Gasteiger partial charge < -0.3 is 5.73 Å². The van der Waals surface area contributed by atoms with E-state index in [2.05, 4.69) is 5.10 Å². The Morgan fingerprint density at radius 2 is 1.14 bits per heavy atom. The molecule has 2 fully saturated rings. The molecule has 0 radical (unpaired) electrons. The Kier molecular flexibility index (Phi) is 5.80. The maximum absolute atomic E-state index is 6.32. The van der Waals surface area contributed by atoms with Gasteiger partial charge >= 0.3 is 0 Å². The van der Waals surface area contributed by atoms with Crippen molar-refractivity contribution in [1.29, 1.82) is 0 Å². The van der Waals surface area contributed by atoms with Crippen LogP contribution in [0.15, 0.2) is 0 Å². The normalized spacial score (nSPS) is 23.5. The summed E-state index contributed by atoms with van der Waals surface area (Å²) in [6.45, 7) is 0. The van der Waals surface area contributed by atoms with Gasteiger partial charge in [-0.2, -0.15) is 5.10 Å². The van der Waals surface area contributed by atoms with Crippen LogP contribution < -0.4 is 5.73 Å². The van der Waals surface area contributed by atoms with Crippen LogP contribution in [0.25, 0.3) is 0 Å². The molecule has 2 aliphatic carbocycles. The molecule has 0 spiro atoms. The number of hydrogen-bond donors (Lipinski definition) is 2. The number of rotatable bonds is 2. The SMILES string of the molecule is Nc1[nH]nc(C2CCCCCCC2)c1C1CCCCCCC1. The molecule has 3 rings (SSSR count). The monoisotopic (exact) mass is 303 g/mol. The molecule has 124 valence electrons. The number of H-pyrrole nitrogens is 1. The zero-order chi connectivity index (χ0) is 15.2. The van der Waals surface area contributed by atoms with Gasteiger partial charge in [-0.1, -0.05) is 64.2 Å². The molecular weight excluding hydrogens is 270 g/mol. The quantitative estimate of drug-likeness (QED) is 0.742. The molecule has 1 aromatic heterocycles. The molecule has 3 nitrogen and oxygen atoms in total. The highest BCUT2D eigenvalue weighted by atomic mass is 15.2. The predicted octanol–water partition coefficient (Wildman–Crippen LogP) is 5.65. The van der Waals surface area contributed by atoms with Crippen LogP contribution in [0.1, 0.15) is 113 Å². The largest absolute Gasteiger partial charge is 0.384 e. The van der Waals surface area contributed by atoms with E-state index in [1.165, 1.54) is 101 Å². The molecule has 0 bridgehead atoms. The molecular formula is C19H33N3. The fourth-order valence-corrected chi connectivity index (χ4v) is 4.59. The summed E-state index contributed by atoms with van der Waals surface area (Å²) in [5.41, 5.74) is 9.07. The van der Waals surface area contributed by atoms with Crippen molar-refractivity contribution in [3.8, 4) is 0 Å². The molecule has 0 aromatic carbocycles. The highest BCUT2D eigenvalue weighted by Gasteiger charge is 2.26. The first-order valence-corrected chi connectivity index (χ1v) is 9.70. The number of nitrogens with two attached hydrogens (primary N) is 1. The maximum atomic E-state index is 6.32. The number of nitrogens with one attached hydrogen (secondary N) is 1. The lowest BCUT2D eigenvalue weighted by Crippen LogP contribution is -2.10. The molecule has 0 saturated heterocycles. The summed E-state index contributed by atoms with van der Waals surface area (Å²) in [4.78, 5) is 0. The fraction of sp³-hybridized carbons (Fsp3) is 0.842. The first-order valence-electron chi connectivity index (χ1n) is 9.70. The van der Waals surface area contributed by atoms with Gasteiger partial charge in [-0.15, -0.1) is 0 Å². The van der Waals surface area contributed by atoms with Gasteiger partial charge in [0.05, 0.1) is 5.69 Å². The Balaban J connectivity index is 1.79. The highest BCUT2D eigenvalue weighted by Crippen LogP contribution is 2.40. The summed E-state index contributed by atoms with van der Waals surface area (Å²) in [6.07, 6.45) is 19.1. The van der Waals surface area contributed by atoms with Gasteiger partial charge in [-0.05, 0) is 31.6 Å². The summed E-state index contributed by atoms with van der Waals surface area (Å²) in [5, 5.41) is 7.82. The molecule has 2 aliphatic rings. The standard InChI is InChI=1S/C19H33N3/c20-19-17(15-11-7-3-1-4-8-12-15)18(21-22-19)16-13-9-5-2-6-10-14-16/h15-16H,1-14H2,(H3,20,21,22). The van der Waals surface area contributed by atoms with Crippen molar-refractivity contribution in [3.63, 3.8) is 0 Å². The van der Waals surface area contributed by atoms with Crippen LogP contribution in [0.3, 0.4) is 0 Å². The number of aromatic amines is 1. The Hall–Kier alpha value is -0.990. The molecule has 0 aliphatic heterocycles. The van der Waals surface area contributed by atoms with E-state index in [-0.39, 0.29) is 0 Å². The van der Waals surface area contributed by atoms with Crippen LogP contribution in [0, 0.1) is 0 Å². The third kappa shape index (κ3) is 3.85. The molecule has 1 heterocycles. The van der Waals surface area contributed by atoms with Gasteiger partial charge in [-0.3, -0.25) is 5.10 Å². The number of hydrogen-bond acceptors (Lipinski definition) is 2. The maximum Gasteiger partial charge on any atom is 0.122 e. The van der Waals surface area contributed by atoms with Crippen molar-refractivity contribution in [2.24, 2.45) is 0 Å². The van der Waals surface area contributed by atoms with Crippen LogP contribution in [0.4, 0.5) is 5.82 Å². The van der Waals surface area contributed by atoms with Crippen LogP contribution >= 0.6 is 0 Å². The van der Waals surface area contributed by atoms with Gasteiger partial charge in [0.25, 0.3) is 0 Å². The lowest BCUT2D eigenvalue weighted by Gasteiger charge is -2.24. The summed E-state index contributed by atoms with van der Waals surface area (Å²) in [6, 6.07) is 0. The average molecular weight is 303 g/mol. The lowest BCUT2D eigenvalue weighted by atomic mass is 9.81. The average Bonchev–Trinajstić information content (AvgIpc) is 2.80. The van der Waals surface area contributed by atoms with E-state index in [9.17, 15) is 0 Å². The molecule has 1 aromatic rings. The first kappa shape index (κ1) is 15.9. The van der Waals surface area contributed by atoms with E-state index in [0.717, 1.165) is 5.82 Å². The molecule has 0 amide bonds. The van der Waals surface area contributed by atoms with Crippen LogP contribution in [0.5, 0.6) is 0 Å². The number of nitrogen functional groups attached to an aromatic ring is 1. The zero-order valence-corrected chi connectivity index (χ0v) is 14.1. The number of nitrogens with zero attached hydrogens (tertiary/aromatic N) is 1. The summed E-state index contributed by atoms with van der Waals surface area (Å²) < 4.78 is 0. The predicted molar refractivity (Wildman–Crippen MR) is 93.1 cm³/mol. The van der Waals surface area contributed by atoms with Crippen molar-refractivity contribution in [2.75, 3.05) is 5.73 Å². The van der Waals surface area contributed by atoms with Gasteiger partial charge in [0.1, 0.15) is 5.82 Å². The Morgan fingerprint density at radius 3 is 1.68 bits per heavy atom. The van der Waals surface area contributed by atoms with E-state index in [0.29, 0.717) is 11.8 Å². The molecule has 3 heteroatoms. The number of anilines is 1. The topological polar surface area (TPSA) is 54.7 Å². The fourth-order valence-electron chi connectivity index (χ4n) is 4.59. The number of aromatic nitrogens is 2. The molecule has 2 saturated carbocycles. The van der Waals surface area contributed by atoms with E-state index >= 15 is 0 Å². The van der Waals surface area contributed by atoms with E-state index in [1.54, 1.807) is 0 Å². The second kappa shape index (κ2) is 8.03. The highest BCUT2D eigenvalue weighted by molar-refractivity contribution is 5.46. The summed E-state index contributed by atoms with van der Waals surface area (Å²) in [7, 11) is 0. The van der Waals surface area contributed by atoms with E-state index in [1.807, 2.05) is 0 Å². The second-order valence-electron chi connectivity index (χ2n) is 7.52. The van der Waals surface area contributed by atoms with Crippen molar-refractivity contribution in [1.82, 2.24) is 10.2 Å². The van der Waals surface area contributed by atoms with E-state index in [4.69, 9.17) is 10.8 Å². The summed E-state index contributed by atoms with van der Waals surface area (Å²) >= 11 is 0. The first-order chi connectivity index (χ1) is 10.9. The Labute approximate surface area is 135 Å². The Morgan fingerprint density at radius 1 is 0.682 bits per heavy atom. The molecule has 22 heavy (non-hydrogen) atoms. The van der Waals surface area contributed by atoms with Crippen molar-refractivity contribution < 1.29 is 0 Å². The minimum Gasteiger partial charge on any atom is -0.384 e. The summed E-state index contributed by atoms with van der Waals surface area (Å²) in [5.74, 6) is 2.16. The zero-order valence-electron chi connectivity index (χ0n) is 14.1. The van der Waals surface area contributed by atoms with Gasteiger partial charge in [0.2, 0.25) is 0 Å². The lowest BCUT2D eigenvalue weighted by molar-refractivity contribution is 0.431. The molecule has 0 unspecified atom stereocenters. The van der Waals surface area contributed by atoms with Crippen LogP contribution in [0.2, 0.25) is 0 Å². The van der Waals surface area contributed by atoms with Gasteiger partial charge in [0, 0.05) is 11.5 Å². The molecule has 3 N–H and O–H groups in total. The van der Waals surface area contributed by atoms with Crippen molar-refractivity contribution in [3.05, 3.63) is 11.3 Å². The van der Waals surface area contributed by atoms with Crippen molar-refractivity contribution in [2.45, 2.75) is 102 Å². The van der Waals surface area contributed by atoms with Gasteiger partial charge in [-0.25, -0.2) is 0 Å². The molecule has 0 atom stereocenters. The van der Waals surface area contributed by atoms with Crippen molar-refractivity contribution >= 4 is 5.82 Å². The Bertz CT molecular complexity index is 436. The third-order valence-corrected chi connectivity index (χ3v) is 5.87. The van der Waals surface area contributed by atoms with E-state index < -0.39 is 0 Å².